The van der Waals surface area contributed by atoms with Crippen LogP contribution in [0.2, 0.25) is 0 Å². The van der Waals surface area contributed by atoms with E-state index in [0.29, 0.717) is 30.7 Å². The molecule has 1 aliphatic carbocycles. The van der Waals surface area contributed by atoms with E-state index in [2.05, 4.69) is 17.6 Å². The van der Waals surface area contributed by atoms with E-state index in [1.54, 1.807) is 28.6 Å². The number of rotatable bonds is 6. The van der Waals surface area contributed by atoms with Crippen LogP contribution < -0.4 is 10.6 Å². The summed E-state index contributed by atoms with van der Waals surface area (Å²) in [5, 5.41) is 6.09. The number of amides is 1. The maximum absolute atomic E-state index is 12.7. The third-order valence-electron chi connectivity index (χ3n) is 5.30. The molecule has 144 valence electrons. The van der Waals surface area contributed by atoms with E-state index in [-0.39, 0.29) is 17.3 Å². The summed E-state index contributed by atoms with van der Waals surface area (Å²) in [6.07, 6.45) is 6.70. The van der Waals surface area contributed by atoms with Crippen molar-refractivity contribution in [1.29, 1.82) is 0 Å². The highest BCUT2D eigenvalue weighted by Crippen LogP contribution is 2.24. The largest absolute Gasteiger partial charge is 0.325 e. The molecule has 0 bridgehead atoms. The van der Waals surface area contributed by atoms with E-state index in [1.807, 2.05) is 0 Å². The van der Waals surface area contributed by atoms with Crippen LogP contribution in [-0.4, -0.2) is 44.3 Å². The van der Waals surface area contributed by atoms with Gasteiger partial charge >= 0.3 is 0 Å². The number of hydrogen-bond donors (Lipinski definition) is 2. The van der Waals surface area contributed by atoms with Gasteiger partial charge in [0.05, 0.1) is 11.4 Å². The SMILES string of the molecule is C[C@@H]1CCCN(S(=O)(=O)c2ccc(NC(=O)CNC3CCCC3)cc2)C1. The van der Waals surface area contributed by atoms with Gasteiger partial charge in [0.2, 0.25) is 15.9 Å². The van der Waals surface area contributed by atoms with Crippen molar-refractivity contribution in [1.82, 2.24) is 9.62 Å². The van der Waals surface area contributed by atoms with E-state index >= 15 is 0 Å². The van der Waals surface area contributed by atoms with Crippen molar-refractivity contribution in [2.45, 2.75) is 56.4 Å². The molecular formula is C19H29N3O3S. The van der Waals surface area contributed by atoms with Crippen molar-refractivity contribution in [2.24, 2.45) is 5.92 Å². The lowest BCUT2D eigenvalue weighted by Crippen LogP contribution is -2.39. The second-order valence-corrected chi connectivity index (χ2v) is 9.48. The van der Waals surface area contributed by atoms with Gasteiger partial charge in [-0.2, -0.15) is 4.31 Å². The zero-order chi connectivity index (χ0) is 18.6. The van der Waals surface area contributed by atoms with Crippen LogP contribution in [0.15, 0.2) is 29.2 Å². The van der Waals surface area contributed by atoms with E-state index in [0.717, 1.165) is 25.7 Å². The summed E-state index contributed by atoms with van der Waals surface area (Å²) >= 11 is 0. The lowest BCUT2D eigenvalue weighted by atomic mass is 10.0. The van der Waals surface area contributed by atoms with Crippen LogP contribution in [0.25, 0.3) is 0 Å². The molecule has 0 spiro atoms. The molecule has 1 aliphatic heterocycles. The van der Waals surface area contributed by atoms with Gasteiger partial charge in [-0.15, -0.1) is 0 Å². The van der Waals surface area contributed by atoms with E-state index in [9.17, 15) is 13.2 Å². The second-order valence-electron chi connectivity index (χ2n) is 7.55. The Balaban J connectivity index is 1.56. The van der Waals surface area contributed by atoms with Gasteiger partial charge in [0.1, 0.15) is 0 Å². The standard InChI is InChI=1S/C19H29N3O3S/c1-15-5-4-12-22(14-15)26(24,25)18-10-8-17(9-11-18)21-19(23)13-20-16-6-2-3-7-16/h8-11,15-16,20H,2-7,12-14H2,1H3,(H,21,23)/t15-/m1/s1. The zero-order valence-corrected chi connectivity index (χ0v) is 16.2. The number of carbonyl (C=O) groups excluding carboxylic acids is 1. The summed E-state index contributed by atoms with van der Waals surface area (Å²) in [6.45, 7) is 3.53. The van der Waals surface area contributed by atoms with Gasteiger partial charge in [0.15, 0.2) is 0 Å². The van der Waals surface area contributed by atoms with Gasteiger partial charge in [0.25, 0.3) is 0 Å². The van der Waals surface area contributed by atoms with Crippen LogP contribution in [0.4, 0.5) is 5.69 Å². The summed E-state index contributed by atoms with van der Waals surface area (Å²) in [4.78, 5) is 12.3. The minimum atomic E-state index is -3.45. The van der Waals surface area contributed by atoms with Crippen LogP contribution in [0.1, 0.15) is 45.4 Å². The summed E-state index contributed by atoms with van der Waals surface area (Å²) < 4.78 is 27.1. The third kappa shape index (κ3) is 4.84. The highest BCUT2D eigenvalue weighted by Gasteiger charge is 2.28. The van der Waals surface area contributed by atoms with Crippen LogP contribution in [-0.2, 0) is 14.8 Å². The molecule has 1 heterocycles. The highest BCUT2D eigenvalue weighted by molar-refractivity contribution is 7.89. The molecule has 2 N–H and O–H groups in total. The fourth-order valence-electron chi connectivity index (χ4n) is 3.80. The molecule has 7 heteroatoms. The normalized spacial score (nSPS) is 22.4. The van der Waals surface area contributed by atoms with Crippen molar-refractivity contribution in [3.8, 4) is 0 Å². The third-order valence-corrected chi connectivity index (χ3v) is 7.18. The summed E-state index contributed by atoms with van der Waals surface area (Å²) in [5.41, 5.74) is 0.620. The van der Waals surface area contributed by atoms with Crippen molar-refractivity contribution < 1.29 is 13.2 Å². The molecule has 2 fully saturated rings. The molecule has 0 unspecified atom stereocenters. The number of sulfonamides is 1. The maximum atomic E-state index is 12.7. The molecule has 1 saturated carbocycles. The summed E-state index contributed by atoms with van der Waals surface area (Å²) in [7, 11) is -3.45. The molecule has 1 aromatic carbocycles. The fourth-order valence-corrected chi connectivity index (χ4v) is 5.39. The Kier molecular flexibility index (Phi) is 6.32. The smallest absolute Gasteiger partial charge is 0.243 e. The van der Waals surface area contributed by atoms with E-state index in [1.165, 1.54) is 12.8 Å². The van der Waals surface area contributed by atoms with Gasteiger partial charge in [-0.1, -0.05) is 19.8 Å². The monoisotopic (exact) mass is 379 g/mol. The Bertz CT molecular complexity index is 712. The first-order valence-corrected chi connectivity index (χ1v) is 11.0. The van der Waals surface area contributed by atoms with Gasteiger partial charge < -0.3 is 10.6 Å². The number of nitrogens with zero attached hydrogens (tertiary/aromatic N) is 1. The number of nitrogens with one attached hydrogen (secondary N) is 2. The van der Waals surface area contributed by atoms with Gasteiger partial charge in [-0.3, -0.25) is 4.79 Å². The summed E-state index contributed by atoms with van der Waals surface area (Å²) in [5.74, 6) is 0.293. The fraction of sp³-hybridized carbons (Fsp3) is 0.632. The molecule has 0 aromatic heterocycles. The molecule has 6 nitrogen and oxygen atoms in total. The van der Waals surface area contributed by atoms with Gasteiger partial charge in [-0.05, 0) is 55.9 Å². The van der Waals surface area contributed by atoms with Crippen molar-refractivity contribution in [3.63, 3.8) is 0 Å². The molecule has 0 radical (unpaired) electrons. The average Bonchev–Trinajstić information content (AvgIpc) is 3.14. The van der Waals surface area contributed by atoms with Crippen molar-refractivity contribution in [3.05, 3.63) is 24.3 Å². The Morgan fingerprint density at radius 1 is 1.12 bits per heavy atom. The first-order chi connectivity index (χ1) is 12.4. The molecule has 1 amide bonds. The first kappa shape index (κ1) is 19.3. The number of carbonyl (C=O) groups is 1. The van der Waals surface area contributed by atoms with Gasteiger partial charge in [-0.25, -0.2) is 8.42 Å². The second kappa shape index (κ2) is 8.50. The average molecular weight is 380 g/mol. The molecular weight excluding hydrogens is 350 g/mol. The van der Waals surface area contributed by atoms with Crippen LogP contribution in [0.5, 0.6) is 0 Å². The summed E-state index contributed by atoms with van der Waals surface area (Å²) in [6, 6.07) is 6.92. The number of benzene rings is 1. The Hall–Kier alpha value is -1.44. The maximum Gasteiger partial charge on any atom is 0.243 e. The predicted octanol–water partition coefficient (Wildman–Crippen LogP) is 2.58. The molecule has 1 aromatic rings. The first-order valence-electron chi connectivity index (χ1n) is 9.58. The van der Waals surface area contributed by atoms with Crippen LogP contribution in [0.3, 0.4) is 0 Å². The van der Waals surface area contributed by atoms with Crippen molar-refractivity contribution in [2.75, 3.05) is 25.0 Å². The lowest BCUT2D eigenvalue weighted by Gasteiger charge is -2.30. The quantitative estimate of drug-likeness (QED) is 0.796. The molecule has 1 saturated heterocycles. The van der Waals surface area contributed by atoms with E-state index in [4.69, 9.17) is 0 Å². The molecule has 2 aliphatic rings. The zero-order valence-electron chi connectivity index (χ0n) is 15.4. The number of piperidine rings is 1. The lowest BCUT2D eigenvalue weighted by molar-refractivity contribution is -0.115. The highest BCUT2D eigenvalue weighted by atomic mass is 32.2. The topological polar surface area (TPSA) is 78.5 Å². The number of hydrogen-bond acceptors (Lipinski definition) is 4. The minimum absolute atomic E-state index is 0.0997. The van der Waals surface area contributed by atoms with E-state index < -0.39 is 10.0 Å². The Morgan fingerprint density at radius 2 is 1.81 bits per heavy atom. The Labute approximate surface area is 156 Å². The molecule has 26 heavy (non-hydrogen) atoms. The van der Waals surface area contributed by atoms with Crippen LogP contribution in [0, 0.1) is 5.92 Å². The Morgan fingerprint density at radius 3 is 2.46 bits per heavy atom. The van der Waals surface area contributed by atoms with Crippen molar-refractivity contribution >= 4 is 21.6 Å². The minimum Gasteiger partial charge on any atom is -0.325 e. The molecule has 1 atom stereocenters. The van der Waals surface area contributed by atoms with Gasteiger partial charge in [0, 0.05) is 24.8 Å². The molecule has 3 rings (SSSR count). The van der Waals surface area contributed by atoms with Crippen LogP contribution >= 0.6 is 0 Å². The predicted molar refractivity (Wildman–Crippen MR) is 102 cm³/mol. The number of anilines is 1.